The van der Waals surface area contributed by atoms with E-state index in [9.17, 15) is 14.0 Å². The number of aromatic nitrogens is 1. The van der Waals surface area contributed by atoms with Crippen molar-refractivity contribution in [3.63, 3.8) is 0 Å². The first-order valence-corrected chi connectivity index (χ1v) is 12.4. The lowest BCUT2D eigenvalue weighted by molar-refractivity contribution is -0.121. The second-order valence-corrected chi connectivity index (χ2v) is 8.87. The van der Waals surface area contributed by atoms with Crippen molar-refractivity contribution < 1.29 is 23.5 Å². The van der Waals surface area contributed by atoms with Gasteiger partial charge in [0, 0.05) is 5.38 Å². The van der Waals surface area contributed by atoms with E-state index in [2.05, 4.69) is 22.5 Å². The summed E-state index contributed by atoms with van der Waals surface area (Å²) in [5.41, 5.74) is 1.33. The highest BCUT2D eigenvalue weighted by Crippen LogP contribution is 2.30. The molecule has 0 aliphatic carbocycles. The zero-order valence-corrected chi connectivity index (χ0v) is 20.9. The fourth-order valence-electron chi connectivity index (χ4n) is 3.40. The first-order valence-electron chi connectivity index (χ1n) is 11.5. The van der Waals surface area contributed by atoms with Crippen molar-refractivity contribution >= 4 is 28.3 Å². The Labute approximate surface area is 208 Å². The van der Waals surface area contributed by atoms with Crippen LogP contribution < -0.4 is 20.1 Å². The molecule has 0 radical (unpaired) electrons. The van der Waals surface area contributed by atoms with Crippen LogP contribution in [0.25, 0.3) is 0 Å². The first-order chi connectivity index (χ1) is 16.9. The third-order valence-electron chi connectivity index (χ3n) is 5.30. The Bertz CT molecular complexity index is 1150. The van der Waals surface area contributed by atoms with Crippen molar-refractivity contribution in [2.75, 3.05) is 19.0 Å². The molecule has 0 saturated heterocycles. The summed E-state index contributed by atoms with van der Waals surface area (Å²) < 4.78 is 25.1. The van der Waals surface area contributed by atoms with Gasteiger partial charge in [0.05, 0.1) is 37.4 Å². The Balaban J connectivity index is 1.54. The molecule has 186 valence electrons. The van der Waals surface area contributed by atoms with E-state index in [-0.39, 0.29) is 23.9 Å². The summed E-state index contributed by atoms with van der Waals surface area (Å²) in [6.07, 6.45) is 3.27. The van der Waals surface area contributed by atoms with Crippen molar-refractivity contribution in [2.45, 2.75) is 45.6 Å². The quantitative estimate of drug-likeness (QED) is 0.320. The number of nitrogens with zero attached hydrogens (tertiary/aromatic N) is 1. The summed E-state index contributed by atoms with van der Waals surface area (Å²) in [6.45, 7) is 4.66. The van der Waals surface area contributed by atoms with E-state index in [1.54, 1.807) is 18.6 Å². The molecular formula is C26H30FN3O4S. The van der Waals surface area contributed by atoms with Crippen LogP contribution in [0.3, 0.4) is 0 Å². The Morgan fingerprint density at radius 2 is 1.94 bits per heavy atom. The number of methoxy groups -OCH3 is 1. The van der Waals surface area contributed by atoms with Gasteiger partial charge in [-0.05, 0) is 43.2 Å². The smallest absolute Gasteiger partial charge is 0.260 e. The Kier molecular flexibility index (Phi) is 9.60. The molecule has 3 rings (SSSR count). The SMILES string of the molecule is CCCCCOc1ccc(C(C)NC(=O)Cc2csc(NC(=O)c3ccccc3F)n2)cc1OC. The zero-order valence-electron chi connectivity index (χ0n) is 20.1. The first kappa shape index (κ1) is 26.2. The van der Waals surface area contributed by atoms with E-state index < -0.39 is 11.7 Å². The molecule has 2 aromatic carbocycles. The molecule has 0 aliphatic heterocycles. The van der Waals surface area contributed by atoms with Gasteiger partial charge in [0.1, 0.15) is 5.82 Å². The maximum absolute atomic E-state index is 13.8. The summed E-state index contributed by atoms with van der Waals surface area (Å²) in [6, 6.07) is 11.1. The standard InChI is InChI=1S/C26H30FN3O4S/c1-4-5-8-13-34-22-12-11-18(14-23(22)33-3)17(2)28-24(31)15-19-16-35-26(29-19)30-25(32)20-9-6-7-10-21(20)27/h6-7,9-12,14,16-17H,4-5,8,13,15H2,1-3H3,(H,28,31)(H,29,30,32). The average molecular weight is 500 g/mol. The molecule has 2 amide bonds. The lowest BCUT2D eigenvalue weighted by Crippen LogP contribution is -2.28. The number of hydrogen-bond acceptors (Lipinski definition) is 6. The number of ether oxygens (including phenoxy) is 2. The molecule has 0 aliphatic rings. The maximum Gasteiger partial charge on any atom is 0.260 e. The summed E-state index contributed by atoms with van der Waals surface area (Å²) in [7, 11) is 1.59. The number of thiazole rings is 1. The Morgan fingerprint density at radius 3 is 2.69 bits per heavy atom. The van der Waals surface area contributed by atoms with Gasteiger partial charge in [-0.25, -0.2) is 9.37 Å². The summed E-state index contributed by atoms with van der Waals surface area (Å²) >= 11 is 1.18. The molecule has 1 heterocycles. The van der Waals surface area contributed by atoms with Crippen LogP contribution in [0.4, 0.5) is 9.52 Å². The molecule has 1 unspecified atom stereocenters. The minimum atomic E-state index is -0.608. The number of carbonyl (C=O) groups is 2. The van der Waals surface area contributed by atoms with Crippen LogP contribution in [0.2, 0.25) is 0 Å². The second-order valence-electron chi connectivity index (χ2n) is 8.01. The average Bonchev–Trinajstić information content (AvgIpc) is 3.28. The van der Waals surface area contributed by atoms with Gasteiger partial charge < -0.3 is 14.8 Å². The topological polar surface area (TPSA) is 89.6 Å². The third-order valence-corrected chi connectivity index (χ3v) is 6.11. The molecule has 1 atom stereocenters. The fourth-order valence-corrected chi connectivity index (χ4v) is 4.11. The van der Waals surface area contributed by atoms with Gasteiger partial charge in [-0.1, -0.05) is 38.0 Å². The Hall–Kier alpha value is -3.46. The third kappa shape index (κ3) is 7.51. The summed E-state index contributed by atoms with van der Waals surface area (Å²) in [4.78, 5) is 29.1. The number of amides is 2. The molecule has 0 bridgehead atoms. The van der Waals surface area contributed by atoms with Crippen LogP contribution >= 0.6 is 11.3 Å². The molecule has 9 heteroatoms. The van der Waals surface area contributed by atoms with Crippen LogP contribution in [-0.2, 0) is 11.2 Å². The normalized spacial score (nSPS) is 11.5. The predicted octanol–water partition coefficient (Wildman–Crippen LogP) is 5.53. The zero-order chi connectivity index (χ0) is 25.2. The van der Waals surface area contributed by atoms with Gasteiger partial charge in [0.2, 0.25) is 5.91 Å². The predicted molar refractivity (Wildman–Crippen MR) is 135 cm³/mol. The van der Waals surface area contributed by atoms with E-state index >= 15 is 0 Å². The number of benzene rings is 2. The van der Waals surface area contributed by atoms with Crippen LogP contribution in [0.15, 0.2) is 47.8 Å². The Morgan fingerprint density at radius 1 is 1.14 bits per heavy atom. The molecule has 7 nitrogen and oxygen atoms in total. The number of rotatable bonds is 12. The van der Waals surface area contributed by atoms with Gasteiger partial charge in [-0.2, -0.15) is 0 Å². The molecule has 0 spiro atoms. The van der Waals surface area contributed by atoms with E-state index in [0.29, 0.717) is 28.9 Å². The molecule has 0 fully saturated rings. The van der Waals surface area contributed by atoms with E-state index in [0.717, 1.165) is 24.8 Å². The van der Waals surface area contributed by atoms with Crippen molar-refractivity contribution in [3.8, 4) is 11.5 Å². The van der Waals surface area contributed by atoms with E-state index in [1.165, 1.54) is 29.5 Å². The number of nitrogens with one attached hydrogen (secondary N) is 2. The van der Waals surface area contributed by atoms with Crippen LogP contribution in [-0.4, -0.2) is 30.5 Å². The van der Waals surface area contributed by atoms with E-state index in [4.69, 9.17) is 9.47 Å². The van der Waals surface area contributed by atoms with Gasteiger partial charge in [-0.3, -0.25) is 14.9 Å². The monoisotopic (exact) mass is 499 g/mol. The largest absolute Gasteiger partial charge is 0.493 e. The minimum Gasteiger partial charge on any atom is -0.493 e. The fraction of sp³-hybridized carbons (Fsp3) is 0.346. The number of hydrogen-bond donors (Lipinski definition) is 2. The van der Waals surface area contributed by atoms with Gasteiger partial charge >= 0.3 is 0 Å². The highest BCUT2D eigenvalue weighted by Gasteiger charge is 2.16. The molecule has 3 aromatic rings. The minimum absolute atomic E-state index is 0.0478. The van der Waals surface area contributed by atoms with Gasteiger partial charge in [-0.15, -0.1) is 11.3 Å². The molecule has 2 N–H and O–H groups in total. The molecule has 0 saturated carbocycles. The molecule has 35 heavy (non-hydrogen) atoms. The van der Waals surface area contributed by atoms with Crippen LogP contribution in [0.1, 0.15) is 60.8 Å². The maximum atomic E-state index is 13.8. The van der Waals surface area contributed by atoms with Crippen molar-refractivity contribution in [3.05, 3.63) is 70.5 Å². The van der Waals surface area contributed by atoms with Crippen molar-refractivity contribution in [1.82, 2.24) is 10.3 Å². The van der Waals surface area contributed by atoms with Crippen LogP contribution in [0.5, 0.6) is 11.5 Å². The van der Waals surface area contributed by atoms with Crippen molar-refractivity contribution in [2.24, 2.45) is 0 Å². The number of unbranched alkanes of at least 4 members (excludes halogenated alkanes) is 2. The van der Waals surface area contributed by atoms with Crippen molar-refractivity contribution in [1.29, 1.82) is 0 Å². The molecular weight excluding hydrogens is 469 g/mol. The van der Waals surface area contributed by atoms with Crippen LogP contribution in [0, 0.1) is 5.82 Å². The van der Waals surface area contributed by atoms with E-state index in [1.807, 2.05) is 25.1 Å². The number of halogens is 1. The van der Waals surface area contributed by atoms with Gasteiger partial charge in [0.25, 0.3) is 5.91 Å². The summed E-state index contributed by atoms with van der Waals surface area (Å²) in [5.74, 6) is -0.113. The number of carbonyl (C=O) groups excluding carboxylic acids is 2. The highest BCUT2D eigenvalue weighted by molar-refractivity contribution is 7.14. The highest BCUT2D eigenvalue weighted by atomic mass is 32.1. The summed E-state index contributed by atoms with van der Waals surface area (Å²) in [5, 5.41) is 7.51. The molecule has 1 aromatic heterocycles. The lowest BCUT2D eigenvalue weighted by atomic mass is 10.1. The second kappa shape index (κ2) is 12.9. The lowest BCUT2D eigenvalue weighted by Gasteiger charge is -2.17. The van der Waals surface area contributed by atoms with Gasteiger partial charge in [0.15, 0.2) is 16.6 Å². The number of anilines is 1.